The second-order valence-electron chi connectivity index (χ2n) is 4.78. The van der Waals surface area contributed by atoms with Crippen molar-refractivity contribution in [2.24, 2.45) is 0 Å². The quantitative estimate of drug-likeness (QED) is 0.751. The van der Waals surface area contributed by atoms with Gasteiger partial charge in [0.25, 0.3) is 0 Å². The second-order valence-corrected chi connectivity index (χ2v) is 4.78. The molecule has 0 saturated carbocycles. The molecule has 3 aromatic rings. The van der Waals surface area contributed by atoms with E-state index in [9.17, 15) is 0 Å². The predicted octanol–water partition coefficient (Wildman–Crippen LogP) is 2.93. The van der Waals surface area contributed by atoms with Crippen LogP contribution < -0.4 is 15.2 Å². The molecule has 5 heteroatoms. The van der Waals surface area contributed by atoms with Crippen LogP contribution in [0.2, 0.25) is 0 Å². The molecule has 21 heavy (non-hydrogen) atoms. The van der Waals surface area contributed by atoms with Crippen molar-refractivity contribution in [1.29, 1.82) is 0 Å². The molecule has 1 aromatic heterocycles. The first-order chi connectivity index (χ1) is 10.1. The lowest BCUT2D eigenvalue weighted by Gasteiger charge is -2.13. The smallest absolute Gasteiger partial charge is 0.146 e. The molecule has 2 N–H and O–H groups in total. The molecular formula is C16H17N3O2. The van der Waals surface area contributed by atoms with Crippen molar-refractivity contribution in [1.82, 2.24) is 9.55 Å². The van der Waals surface area contributed by atoms with Gasteiger partial charge in [-0.05, 0) is 37.3 Å². The van der Waals surface area contributed by atoms with E-state index in [1.807, 2.05) is 47.9 Å². The van der Waals surface area contributed by atoms with E-state index in [2.05, 4.69) is 4.98 Å². The van der Waals surface area contributed by atoms with E-state index in [0.29, 0.717) is 5.69 Å². The number of nitrogen functional groups attached to an aromatic ring is 1. The normalized spacial score (nSPS) is 10.8. The summed E-state index contributed by atoms with van der Waals surface area (Å²) < 4.78 is 12.8. The summed E-state index contributed by atoms with van der Waals surface area (Å²) in [5, 5.41) is 0. The number of aryl methyl sites for hydroxylation is 1. The molecule has 0 atom stereocenters. The van der Waals surface area contributed by atoms with Crippen molar-refractivity contribution < 1.29 is 9.47 Å². The minimum atomic E-state index is 0.703. The molecule has 0 spiro atoms. The van der Waals surface area contributed by atoms with Crippen LogP contribution in [0.3, 0.4) is 0 Å². The van der Waals surface area contributed by atoms with Gasteiger partial charge in [-0.15, -0.1) is 0 Å². The summed E-state index contributed by atoms with van der Waals surface area (Å²) in [6.45, 7) is 1.96. The number of benzene rings is 2. The average molecular weight is 283 g/mol. The van der Waals surface area contributed by atoms with Crippen molar-refractivity contribution in [3.63, 3.8) is 0 Å². The summed E-state index contributed by atoms with van der Waals surface area (Å²) in [6.07, 6.45) is 0. The average Bonchev–Trinajstić information content (AvgIpc) is 2.81. The summed E-state index contributed by atoms with van der Waals surface area (Å²) in [6, 6.07) is 11.4. The van der Waals surface area contributed by atoms with Gasteiger partial charge in [0.1, 0.15) is 17.3 Å². The van der Waals surface area contributed by atoms with E-state index in [0.717, 1.165) is 34.0 Å². The summed E-state index contributed by atoms with van der Waals surface area (Å²) in [4.78, 5) is 4.56. The molecule has 5 nitrogen and oxygen atoms in total. The minimum Gasteiger partial charge on any atom is -0.497 e. The Bertz CT molecular complexity index is 809. The van der Waals surface area contributed by atoms with E-state index in [1.165, 1.54) is 0 Å². The van der Waals surface area contributed by atoms with Crippen LogP contribution in [0.15, 0.2) is 36.4 Å². The van der Waals surface area contributed by atoms with Crippen LogP contribution in [-0.4, -0.2) is 23.8 Å². The fourth-order valence-corrected chi connectivity index (χ4v) is 2.49. The molecular weight excluding hydrogens is 266 g/mol. The van der Waals surface area contributed by atoms with Crippen LogP contribution in [0.1, 0.15) is 5.82 Å². The van der Waals surface area contributed by atoms with E-state index in [1.54, 1.807) is 14.2 Å². The standard InChI is InChI=1S/C16H17N3O2/c1-10-18-13-8-11(17)4-6-14(13)19(10)15-7-5-12(20-2)9-16(15)21-3/h4-9H,17H2,1-3H3. The minimum absolute atomic E-state index is 0.703. The molecule has 3 rings (SSSR count). The molecule has 0 aliphatic rings. The number of ether oxygens (including phenoxy) is 2. The molecule has 0 unspecified atom stereocenters. The summed E-state index contributed by atoms with van der Waals surface area (Å²) in [7, 11) is 3.28. The lowest BCUT2D eigenvalue weighted by molar-refractivity contribution is 0.393. The van der Waals surface area contributed by atoms with Crippen LogP contribution in [0.25, 0.3) is 16.7 Å². The predicted molar refractivity (Wildman–Crippen MR) is 83.3 cm³/mol. The third-order valence-electron chi connectivity index (χ3n) is 3.47. The first kappa shape index (κ1) is 13.3. The molecule has 1 heterocycles. The number of anilines is 1. The Kier molecular flexibility index (Phi) is 3.17. The van der Waals surface area contributed by atoms with Gasteiger partial charge in [-0.3, -0.25) is 4.57 Å². The van der Waals surface area contributed by atoms with Gasteiger partial charge >= 0.3 is 0 Å². The zero-order valence-corrected chi connectivity index (χ0v) is 12.3. The van der Waals surface area contributed by atoms with Crippen LogP contribution in [0, 0.1) is 6.92 Å². The molecule has 0 aliphatic heterocycles. The Morgan fingerprint density at radius 2 is 1.86 bits per heavy atom. The third-order valence-corrected chi connectivity index (χ3v) is 3.47. The Morgan fingerprint density at radius 1 is 1.05 bits per heavy atom. The molecule has 108 valence electrons. The molecule has 0 fully saturated rings. The van der Waals surface area contributed by atoms with Crippen LogP contribution >= 0.6 is 0 Å². The van der Waals surface area contributed by atoms with Crippen molar-refractivity contribution >= 4 is 16.7 Å². The van der Waals surface area contributed by atoms with E-state index >= 15 is 0 Å². The molecule has 0 bridgehead atoms. The zero-order valence-electron chi connectivity index (χ0n) is 12.3. The van der Waals surface area contributed by atoms with E-state index in [4.69, 9.17) is 15.2 Å². The SMILES string of the molecule is COc1ccc(-n2c(C)nc3cc(N)ccc32)c(OC)c1. The number of fused-ring (bicyclic) bond motifs is 1. The molecule has 0 saturated heterocycles. The zero-order chi connectivity index (χ0) is 15.0. The van der Waals surface area contributed by atoms with Gasteiger partial charge in [-0.25, -0.2) is 4.98 Å². The van der Waals surface area contributed by atoms with Crippen LogP contribution in [-0.2, 0) is 0 Å². The maximum Gasteiger partial charge on any atom is 0.146 e. The van der Waals surface area contributed by atoms with Gasteiger partial charge < -0.3 is 15.2 Å². The second kappa shape index (κ2) is 5.01. The maximum atomic E-state index is 5.83. The fraction of sp³-hybridized carbons (Fsp3) is 0.188. The van der Waals surface area contributed by atoms with Crippen LogP contribution in [0.4, 0.5) is 5.69 Å². The summed E-state index contributed by atoms with van der Waals surface area (Å²) >= 11 is 0. The van der Waals surface area contributed by atoms with Crippen molar-refractivity contribution in [3.8, 4) is 17.2 Å². The number of methoxy groups -OCH3 is 2. The summed E-state index contributed by atoms with van der Waals surface area (Å²) in [5.74, 6) is 2.36. The Hall–Kier alpha value is -2.69. The van der Waals surface area contributed by atoms with E-state index in [-0.39, 0.29) is 0 Å². The highest BCUT2D eigenvalue weighted by Gasteiger charge is 2.14. The number of nitrogens with two attached hydrogens (primary N) is 1. The first-order valence-electron chi connectivity index (χ1n) is 6.61. The van der Waals surface area contributed by atoms with Crippen molar-refractivity contribution in [2.45, 2.75) is 6.92 Å². The molecule has 0 amide bonds. The number of rotatable bonds is 3. The number of imidazole rings is 1. The topological polar surface area (TPSA) is 62.3 Å². The monoisotopic (exact) mass is 283 g/mol. The number of aromatic nitrogens is 2. The van der Waals surface area contributed by atoms with Crippen molar-refractivity contribution in [3.05, 3.63) is 42.2 Å². The van der Waals surface area contributed by atoms with Gasteiger partial charge in [0.05, 0.1) is 30.9 Å². The highest BCUT2D eigenvalue weighted by molar-refractivity contribution is 5.82. The lowest BCUT2D eigenvalue weighted by atomic mass is 10.2. The molecule has 2 aromatic carbocycles. The van der Waals surface area contributed by atoms with E-state index < -0.39 is 0 Å². The Balaban J connectivity index is 2.27. The number of nitrogens with zero attached hydrogens (tertiary/aromatic N) is 2. The molecule has 0 radical (unpaired) electrons. The molecule has 0 aliphatic carbocycles. The number of hydrogen-bond acceptors (Lipinski definition) is 4. The maximum absolute atomic E-state index is 5.83. The lowest BCUT2D eigenvalue weighted by Crippen LogP contribution is -2.00. The van der Waals surface area contributed by atoms with Gasteiger partial charge in [0.2, 0.25) is 0 Å². The third kappa shape index (κ3) is 2.16. The van der Waals surface area contributed by atoms with Gasteiger partial charge in [0.15, 0.2) is 0 Å². The van der Waals surface area contributed by atoms with Gasteiger partial charge in [-0.1, -0.05) is 0 Å². The van der Waals surface area contributed by atoms with Gasteiger partial charge in [0, 0.05) is 11.8 Å². The fourth-order valence-electron chi connectivity index (χ4n) is 2.49. The highest BCUT2D eigenvalue weighted by atomic mass is 16.5. The van der Waals surface area contributed by atoms with Crippen molar-refractivity contribution in [2.75, 3.05) is 20.0 Å². The Labute approximate surface area is 122 Å². The van der Waals surface area contributed by atoms with Crippen LogP contribution in [0.5, 0.6) is 11.5 Å². The number of hydrogen-bond donors (Lipinski definition) is 1. The Morgan fingerprint density at radius 3 is 2.57 bits per heavy atom. The first-order valence-corrected chi connectivity index (χ1v) is 6.61. The largest absolute Gasteiger partial charge is 0.497 e. The van der Waals surface area contributed by atoms with Gasteiger partial charge in [-0.2, -0.15) is 0 Å². The highest BCUT2D eigenvalue weighted by Crippen LogP contribution is 2.31. The summed E-state index contributed by atoms with van der Waals surface area (Å²) in [5.41, 5.74) is 9.30.